The lowest BCUT2D eigenvalue weighted by molar-refractivity contribution is 0.0690. The van der Waals surface area contributed by atoms with E-state index < -0.39 is 17.9 Å². The van der Waals surface area contributed by atoms with Gasteiger partial charge in [-0.15, -0.1) is 0 Å². The molecule has 12 heteroatoms. The van der Waals surface area contributed by atoms with Crippen molar-refractivity contribution in [2.24, 2.45) is 0 Å². The van der Waals surface area contributed by atoms with Crippen LogP contribution >= 0.6 is 11.3 Å². The first-order valence-corrected chi connectivity index (χ1v) is 11.1. The van der Waals surface area contributed by atoms with Crippen molar-refractivity contribution in [2.75, 3.05) is 33.9 Å². The van der Waals surface area contributed by atoms with Crippen LogP contribution in [0.4, 0.5) is 27.3 Å². The smallest absolute Gasteiger partial charge is 0.357 e. The average Bonchev–Trinajstić information content (AvgIpc) is 3.45. The van der Waals surface area contributed by atoms with Crippen LogP contribution in [0.25, 0.3) is 0 Å². The van der Waals surface area contributed by atoms with Crippen molar-refractivity contribution in [3.05, 3.63) is 46.8 Å². The van der Waals surface area contributed by atoms with Gasteiger partial charge in [-0.1, -0.05) is 17.4 Å². The highest BCUT2D eigenvalue weighted by Gasteiger charge is 2.19. The van der Waals surface area contributed by atoms with E-state index in [1.165, 1.54) is 12.6 Å². The molecule has 4 rings (SSSR count). The lowest BCUT2D eigenvalue weighted by Crippen LogP contribution is -2.31. The molecule has 172 valence electrons. The molecule has 1 saturated heterocycles. The first-order chi connectivity index (χ1) is 15.9. The highest BCUT2D eigenvalue weighted by atomic mass is 32.1. The number of carbonyl (C=O) groups is 3. The predicted octanol–water partition coefficient (Wildman–Crippen LogP) is 4.02. The summed E-state index contributed by atoms with van der Waals surface area (Å²) in [6.45, 7) is 3.91. The zero-order valence-corrected chi connectivity index (χ0v) is 18.6. The zero-order valence-electron chi connectivity index (χ0n) is 17.8. The van der Waals surface area contributed by atoms with Crippen LogP contribution < -0.4 is 20.9 Å². The second-order valence-corrected chi connectivity index (χ2v) is 8.50. The van der Waals surface area contributed by atoms with Crippen LogP contribution in [0.15, 0.2) is 35.1 Å². The number of urea groups is 1. The molecule has 0 radical (unpaired) electrons. The van der Waals surface area contributed by atoms with Crippen molar-refractivity contribution < 1.29 is 23.9 Å². The van der Waals surface area contributed by atoms with Crippen LogP contribution in [0.3, 0.4) is 0 Å². The third-order valence-electron chi connectivity index (χ3n) is 4.99. The maximum absolute atomic E-state index is 12.6. The fourth-order valence-electron chi connectivity index (χ4n) is 3.42. The van der Waals surface area contributed by atoms with Crippen molar-refractivity contribution in [3.63, 3.8) is 0 Å². The lowest BCUT2D eigenvalue weighted by atomic mass is 10.1. The molecule has 3 heterocycles. The van der Waals surface area contributed by atoms with Gasteiger partial charge in [0.2, 0.25) is 0 Å². The quantitative estimate of drug-likeness (QED) is 0.422. The molecule has 0 unspecified atom stereocenters. The highest BCUT2D eigenvalue weighted by molar-refractivity contribution is 7.17. The molecular weight excluding hydrogens is 448 g/mol. The van der Waals surface area contributed by atoms with Crippen molar-refractivity contribution in [2.45, 2.75) is 26.2 Å². The molecule has 1 aliphatic heterocycles. The SMILES string of the molecule is Cc1ccc(NC(=O)Nc2ncc(C(=O)Nc3nc(C(=O)O)co3)s2)c(N2CCCCC2)c1. The van der Waals surface area contributed by atoms with Crippen molar-refractivity contribution >= 4 is 51.8 Å². The Morgan fingerprint density at radius 2 is 1.91 bits per heavy atom. The Morgan fingerprint density at radius 1 is 1.12 bits per heavy atom. The number of aromatic carboxylic acids is 1. The summed E-state index contributed by atoms with van der Waals surface area (Å²) >= 11 is 0.956. The molecule has 0 bridgehead atoms. The molecule has 3 amide bonds. The number of thiazole rings is 1. The van der Waals surface area contributed by atoms with Gasteiger partial charge in [0.1, 0.15) is 11.1 Å². The molecular formula is C21H22N6O5S. The number of aryl methyl sites for hydroxylation is 1. The minimum absolute atomic E-state index is 0.185. The number of hydrogen-bond donors (Lipinski definition) is 4. The molecule has 2 aromatic heterocycles. The summed E-state index contributed by atoms with van der Waals surface area (Å²) in [5.41, 5.74) is 2.47. The predicted molar refractivity (Wildman–Crippen MR) is 123 cm³/mol. The number of amides is 3. The summed E-state index contributed by atoms with van der Waals surface area (Å²) in [6.07, 6.45) is 5.67. The highest BCUT2D eigenvalue weighted by Crippen LogP contribution is 2.30. The zero-order chi connectivity index (χ0) is 23.4. The third kappa shape index (κ3) is 5.47. The van der Waals surface area contributed by atoms with Gasteiger partial charge < -0.3 is 19.7 Å². The molecule has 33 heavy (non-hydrogen) atoms. The number of nitrogens with one attached hydrogen (secondary N) is 3. The summed E-state index contributed by atoms with van der Waals surface area (Å²) in [6, 6.07) is 5.15. The Labute approximate surface area is 192 Å². The molecule has 1 aliphatic rings. The van der Waals surface area contributed by atoms with Crippen molar-refractivity contribution in [1.29, 1.82) is 0 Å². The largest absolute Gasteiger partial charge is 0.476 e. The Kier molecular flexibility index (Phi) is 6.54. The van der Waals surface area contributed by atoms with Crippen LogP contribution in [0.2, 0.25) is 0 Å². The van der Waals surface area contributed by atoms with Gasteiger partial charge in [0.25, 0.3) is 5.91 Å². The third-order valence-corrected chi connectivity index (χ3v) is 5.90. The standard InChI is InChI=1S/C21H22N6O5S/c1-12-5-6-13(15(9-12)27-7-3-2-4-8-27)23-19(31)26-21-22-10-16(33-21)17(28)25-20-24-14(11-32-20)18(29)30/h5-6,9-11H,2-4,7-8H2,1H3,(H,29,30)(H,24,25,28)(H2,22,23,26,31). The number of hydrogen-bond acceptors (Lipinski definition) is 8. The number of piperidine rings is 1. The van der Waals surface area contributed by atoms with Crippen LogP contribution in [-0.2, 0) is 0 Å². The Balaban J connectivity index is 1.39. The molecule has 1 fully saturated rings. The monoisotopic (exact) mass is 470 g/mol. The summed E-state index contributed by atoms with van der Waals surface area (Å²) < 4.78 is 4.90. The fourth-order valence-corrected chi connectivity index (χ4v) is 4.13. The van der Waals surface area contributed by atoms with Gasteiger partial charge >= 0.3 is 18.0 Å². The number of carbonyl (C=O) groups excluding carboxylic acids is 2. The van der Waals surface area contributed by atoms with Crippen LogP contribution in [0, 0.1) is 6.92 Å². The summed E-state index contributed by atoms with van der Waals surface area (Å²) in [7, 11) is 0. The summed E-state index contributed by atoms with van der Waals surface area (Å²) in [4.78, 5) is 45.9. The molecule has 4 N–H and O–H groups in total. The van der Waals surface area contributed by atoms with E-state index in [1.54, 1.807) is 0 Å². The maximum atomic E-state index is 12.6. The van der Waals surface area contributed by atoms with Crippen LogP contribution in [0.1, 0.15) is 45.0 Å². The van der Waals surface area contributed by atoms with E-state index in [0.717, 1.165) is 54.8 Å². The molecule has 3 aromatic rings. The van der Waals surface area contributed by atoms with E-state index in [2.05, 4.69) is 36.9 Å². The number of oxazole rings is 1. The minimum Gasteiger partial charge on any atom is -0.476 e. The van der Waals surface area contributed by atoms with E-state index >= 15 is 0 Å². The van der Waals surface area contributed by atoms with Gasteiger partial charge in [-0.05, 0) is 43.9 Å². The van der Waals surface area contributed by atoms with E-state index in [1.807, 2.05) is 19.1 Å². The number of carboxylic acid groups (broad SMARTS) is 1. The van der Waals surface area contributed by atoms with Gasteiger partial charge in [-0.2, -0.15) is 4.98 Å². The number of aromatic nitrogens is 2. The number of rotatable bonds is 6. The second-order valence-electron chi connectivity index (χ2n) is 7.47. The van der Waals surface area contributed by atoms with Gasteiger partial charge in [-0.3, -0.25) is 15.4 Å². The van der Waals surface area contributed by atoms with Gasteiger partial charge in [0.15, 0.2) is 10.8 Å². The van der Waals surface area contributed by atoms with Gasteiger partial charge in [0.05, 0.1) is 17.6 Å². The Morgan fingerprint density at radius 3 is 2.64 bits per heavy atom. The Hall–Kier alpha value is -3.93. The Bertz CT molecular complexity index is 1180. The second kappa shape index (κ2) is 9.69. The number of anilines is 4. The van der Waals surface area contributed by atoms with Gasteiger partial charge in [0, 0.05) is 13.1 Å². The van der Waals surface area contributed by atoms with E-state index in [9.17, 15) is 14.4 Å². The van der Waals surface area contributed by atoms with E-state index in [0.29, 0.717) is 5.69 Å². The first kappa shape index (κ1) is 22.3. The topological polar surface area (TPSA) is 150 Å². The minimum atomic E-state index is -1.27. The number of carboxylic acids is 1. The van der Waals surface area contributed by atoms with E-state index in [4.69, 9.17) is 9.52 Å². The van der Waals surface area contributed by atoms with Gasteiger partial charge in [-0.25, -0.2) is 14.6 Å². The van der Waals surface area contributed by atoms with Crippen LogP contribution in [0.5, 0.6) is 0 Å². The molecule has 0 spiro atoms. The molecule has 1 aromatic carbocycles. The molecule has 0 atom stereocenters. The van der Waals surface area contributed by atoms with Crippen LogP contribution in [-0.4, -0.2) is 46.1 Å². The maximum Gasteiger partial charge on any atom is 0.357 e. The average molecular weight is 471 g/mol. The lowest BCUT2D eigenvalue weighted by Gasteiger charge is -2.30. The fraction of sp³-hybridized carbons (Fsp3) is 0.286. The first-order valence-electron chi connectivity index (χ1n) is 10.3. The number of nitrogens with zero attached hydrogens (tertiary/aromatic N) is 3. The molecule has 11 nitrogen and oxygen atoms in total. The van der Waals surface area contributed by atoms with Crippen molar-refractivity contribution in [3.8, 4) is 0 Å². The molecule has 0 aliphatic carbocycles. The van der Waals surface area contributed by atoms with Crippen molar-refractivity contribution in [1.82, 2.24) is 9.97 Å². The molecule has 0 saturated carbocycles. The van der Waals surface area contributed by atoms with E-state index in [-0.39, 0.29) is 21.7 Å². The number of benzene rings is 1. The summed E-state index contributed by atoms with van der Waals surface area (Å²) in [5.74, 6) is -1.86. The normalized spacial score (nSPS) is 13.4. The summed E-state index contributed by atoms with van der Waals surface area (Å²) in [5, 5.41) is 16.9.